The second-order valence-corrected chi connectivity index (χ2v) is 4.98. The third kappa shape index (κ3) is 2.41. The van der Waals surface area contributed by atoms with Crippen molar-refractivity contribution in [3.8, 4) is 0 Å². The fraction of sp³-hybridized carbons (Fsp3) is 0.250. The average Bonchev–Trinajstić information content (AvgIpc) is 2.43. The van der Waals surface area contributed by atoms with E-state index < -0.39 is 5.63 Å². The number of hydrogen-bond acceptors (Lipinski definition) is 3. The lowest BCUT2D eigenvalue weighted by molar-refractivity contribution is 0.0965. The minimum absolute atomic E-state index is 0.0235. The van der Waals surface area contributed by atoms with Crippen LogP contribution in [0.25, 0.3) is 0 Å². The molecule has 0 N–H and O–H groups in total. The summed E-state index contributed by atoms with van der Waals surface area (Å²) in [5, 5.41) is 0. The van der Waals surface area contributed by atoms with Gasteiger partial charge in [0.1, 0.15) is 11.6 Å². The quantitative estimate of drug-likeness (QED) is 0.844. The molecule has 0 amide bonds. The monoisotopic (exact) mass is 272 g/mol. The molecule has 0 fully saturated rings. The minimum atomic E-state index is -0.414. The summed E-state index contributed by atoms with van der Waals surface area (Å²) in [6, 6.07) is 7.57. The number of carbonyl (C=O) groups excluding carboxylic acids is 1. The zero-order valence-corrected chi connectivity index (χ0v) is 10.8. The lowest BCUT2D eigenvalue weighted by Crippen LogP contribution is -2.18. The fourth-order valence-corrected chi connectivity index (χ4v) is 2.46. The highest BCUT2D eigenvalue weighted by Gasteiger charge is 2.21. The maximum absolute atomic E-state index is 12.9. The van der Waals surface area contributed by atoms with Gasteiger partial charge in [-0.3, -0.25) is 4.79 Å². The van der Waals surface area contributed by atoms with Crippen LogP contribution in [0.2, 0.25) is 0 Å². The van der Waals surface area contributed by atoms with E-state index in [0.29, 0.717) is 36.1 Å². The number of fused-ring (bicyclic) bond motifs is 1. The number of hydrogen-bond donors (Lipinski definition) is 0. The van der Waals surface area contributed by atoms with E-state index in [1.54, 1.807) is 18.2 Å². The zero-order valence-electron chi connectivity index (χ0n) is 10.8. The van der Waals surface area contributed by atoms with Gasteiger partial charge in [-0.05, 0) is 30.2 Å². The molecule has 0 saturated carbocycles. The Morgan fingerprint density at radius 2 is 1.85 bits per heavy atom. The van der Waals surface area contributed by atoms with E-state index >= 15 is 0 Å². The van der Waals surface area contributed by atoms with Gasteiger partial charge in [0, 0.05) is 24.8 Å². The van der Waals surface area contributed by atoms with Crippen molar-refractivity contribution in [2.75, 3.05) is 0 Å². The maximum Gasteiger partial charge on any atom is 0.339 e. The van der Waals surface area contributed by atoms with Crippen LogP contribution in [0.5, 0.6) is 0 Å². The van der Waals surface area contributed by atoms with E-state index in [1.165, 1.54) is 12.1 Å². The molecular weight excluding hydrogens is 259 g/mol. The van der Waals surface area contributed by atoms with Crippen LogP contribution in [0, 0.1) is 5.82 Å². The van der Waals surface area contributed by atoms with Crippen molar-refractivity contribution in [3.05, 3.63) is 69.0 Å². The van der Waals surface area contributed by atoms with Crippen molar-refractivity contribution in [2.45, 2.75) is 25.7 Å². The van der Waals surface area contributed by atoms with E-state index in [4.69, 9.17) is 4.42 Å². The molecule has 1 aliphatic carbocycles. The molecule has 2 aromatic rings. The third-order valence-electron chi connectivity index (χ3n) is 3.51. The number of halogens is 1. The molecule has 0 bridgehead atoms. The van der Waals surface area contributed by atoms with Gasteiger partial charge in [0.2, 0.25) is 0 Å². The van der Waals surface area contributed by atoms with Crippen molar-refractivity contribution in [1.82, 2.24) is 0 Å². The highest BCUT2D eigenvalue weighted by molar-refractivity contribution is 5.97. The molecule has 4 heteroatoms. The second-order valence-electron chi connectivity index (χ2n) is 4.98. The lowest BCUT2D eigenvalue weighted by atomic mass is 9.94. The molecule has 0 atom stereocenters. The summed E-state index contributed by atoms with van der Waals surface area (Å²) in [7, 11) is 0. The number of carbonyl (C=O) groups is 1. The zero-order chi connectivity index (χ0) is 14.1. The van der Waals surface area contributed by atoms with Gasteiger partial charge in [-0.1, -0.05) is 12.1 Å². The van der Waals surface area contributed by atoms with Crippen LogP contribution in [-0.4, -0.2) is 5.78 Å². The van der Waals surface area contributed by atoms with Crippen molar-refractivity contribution >= 4 is 5.78 Å². The molecule has 20 heavy (non-hydrogen) atoms. The average molecular weight is 272 g/mol. The van der Waals surface area contributed by atoms with Gasteiger partial charge in [0.05, 0.1) is 5.56 Å². The predicted molar refractivity (Wildman–Crippen MR) is 71.5 cm³/mol. The molecule has 1 aromatic heterocycles. The maximum atomic E-state index is 12.9. The van der Waals surface area contributed by atoms with Gasteiger partial charge in [0.25, 0.3) is 0 Å². The minimum Gasteiger partial charge on any atom is -0.427 e. The van der Waals surface area contributed by atoms with E-state index in [1.807, 2.05) is 0 Å². The van der Waals surface area contributed by atoms with Gasteiger partial charge in [-0.2, -0.15) is 0 Å². The number of aryl methyl sites for hydroxylation is 1. The molecule has 0 aliphatic heterocycles. The predicted octanol–water partition coefficient (Wildman–Crippen LogP) is 2.89. The Labute approximate surface area is 115 Å². The first kappa shape index (κ1) is 12.8. The van der Waals surface area contributed by atoms with E-state index in [2.05, 4.69) is 0 Å². The largest absolute Gasteiger partial charge is 0.427 e. The van der Waals surface area contributed by atoms with Crippen LogP contribution >= 0.6 is 0 Å². The Bertz CT molecular complexity index is 713. The van der Waals surface area contributed by atoms with Crippen LogP contribution < -0.4 is 5.63 Å². The standard InChI is InChI=1S/C16H13FO3/c17-12-6-4-10(5-7-12)8-11-9-13-14(18)2-1-3-15(13)20-16(11)19/h4-7,9H,1-3,8H2. The second kappa shape index (κ2) is 5.04. The molecule has 3 rings (SSSR count). The van der Waals surface area contributed by atoms with E-state index in [0.717, 1.165) is 12.0 Å². The number of ketones is 1. The molecule has 0 radical (unpaired) electrons. The molecule has 0 unspecified atom stereocenters. The number of Topliss-reactive ketones (excluding diaryl/α,β-unsaturated/α-hetero) is 1. The molecular formula is C16H13FO3. The van der Waals surface area contributed by atoms with Crippen molar-refractivity contribution in [2.24, 2.45) is 0 Å². The first-order valence-electron chi connectivity index (χ1n) is 6.57. The highest BCUT2D eigenvalue weighted by atomic mass is 19.1. The summed E-state index contributed by atoms with van der Waals surface area (Å²) >= 11 is 0. The number of rotatable bonds is 2. The Morgan fingerprint density at radius 1 is 1.10 bits per heavy atom. The smallest absolute Gasteiger partial charge is 0.339 e. The fourth-order valence-electron chi connectivity index (χ4n) is 2.46. The third-order valence-corrected chi connectivity index (χ3v) is 3.51. The van der Waals surface area contributed by atoms with Crippen LogP contribution in [-0.2, 0) is 12.8 Å². The first-order chi connectivity index (χ1) is 9.63. The van der Waals surface area contributed by atoms with Crippen molar-refractivity contribution in [3.63, 3.8) is 0 Å². The van der Waals surface area contributed by atoms with Crippen LogP contribution in [0.3, 0.4) is 0 Å². The molecule has 0 saturated heterocycles. The summed E-state index contributed by atoms with van der Waals surface area (Å²) in [5.74, 6) is 0.200. The Balaban J connectivity index is 1.97. The topological polar surface area (TPSA) is 47.3 Å². The molecule has 1 aromatic carbocycles. The highest BCUT2D eigenvalue weighted by Crippen LogP contribution is 2.21. The summed E-state index contributed by atoms with van der Waals surface area (Å²) in [6.07, 6.45) is 2.19. The van der Waals surface area contributed by atoms with Crippen molar-refractivity contribution in [1.29, 1.82) is 0 Å². The number of benzene rings is 1. The first-order valence-corrected chi connectivity index (χ1v) is 6.57. The van der Waals surface area contributed by atoms with Gasteiger partial charge in [0.15, 0.2) is 5.78 Å². The molecule has 102 valence electrons. The SMILES string of the molecule is O=C1CCCc2oc(=O)c(Cc3ccc(F)cc3)cc21. The Hall–Kier alpha value is -2.23. The normalized spacial score (nSPS) is 14.2. The Morgan fingerprint density at radius 3 is 2.60 bits per heavy atom. The summed E-state index contributed by atoms with van der Waals surface area (Å²) in [5.41, 5.74) is 1.35. The van der Waals surface area contributed by atoms with E-state index in [-0.39, 0.29) is 11.6 Å². The van der Waals surface area contributed by atoms with Gasteiger partial charge >= 0.3 is 5.63 Å². The van der Waals surface area contributed by atoms with Crippen LogP contribution in [0.4, 0.5) is 4.39 Å². The van der Waals surface area contributed by atoms with E-state index in [9.17, 15) is 14.0 Å². The molecule has 0 spiro atoms. The molecule has 3 nitrogen and oxygen atoms in total. The molecule has 1 heterocycles. The summed E-state index contributed by atoms with van der Waals surface area (Å²) < 4.78 is 18.1. The van der Waals surface area contributed by atoms with Gasteiger partial charge in [-0.25, -0.2) is 9.18 Å². The molecule has 1 aliphatic rings. The van der Waals surface area contributed by atoms with Gasteiger partial charge < -0.3 is 4.42 Å². The van der Waals surface area contributed by atoms with Crippen LogP contribution in [0.1, 0.15) is 40.1 Å². The van der Waals surface area contributed by atoms with Crippen molar-refractivity contribution < 1.29 is 13.6 Å². The summed E-state index contributed by atoms with van der Waals surface area (Å²) in [4.78, 5) is 23.8. The lowest BCUT2D eigenvalue weighted by Gasteiger charge is -2.13. The summed E-state index contributed by atoms with van der Waals surface area (Å²) in [6.45, 7) is 0. The Kier molecular flexibility index (Phi) is 3.22. The van der Waals surface area contributed by atoms with Gasteiger partial charge in [-0.15, -0.1) is 0 Å². The van der Waals surface area contributed by atoms with Crippen LogP contribution in [0.15, 0.2) is 39.5 Å².